The normalized spacial score (nSPS) is 14.5. The van der Waals surface area contributed by atoms with Crippen LogP contribution in [-0.4, -0.2) is 18.7 Å². The van der Waals surface area contributed by atoms with E-state index in [1.165, 1.54) is 6.92 Å². The maximum atomic E-state index is 13.8. The number of hydrogen-bond donors (Lipinski definition) is 1. The first-order chi connectivity index (χ1) is 10.4. The van der Waals surface area contributed by atoms with Gasteiger partial charge in [0.15, 0.2) is 0 Å². The highest BCUT2D eigenvalue weighted by Gasteiger charge is 2.41. The molecule has 1 aromatic rings. The molecule has 0 aromatic heterocycles. The Morgan fingerprint density at radius 2 is 1.71 bits per heavy atom. The number of esters is 1. The second kappa shape index (κ2) is 8.02. The van der Waals surface area contributed by atoms with Gasteiger partial charge in [-0.05, 0) is 24.6 Å². The zero-order valence-electron chi connectivity index (χ0n) is 12.0. The van der Waals surface area contributed by atoms with Gasteiger partial charge in [-0.15, -0.1) is 12.4 Å². The van der Waals surface area contributed by atoms with Gasteiger partial charge in [-0.3, -0.25) is 0 Å². The van der Waals surface area contributed by atoms with Crippen molar-refractivity contribution in [2.24, 2.45) is 5.73 Å². The van der Waals surface area contributed by atoms with Gasteiger partial charge < -0.3 is 10.5 Å². The van der Waals surface area contributed by atoms with Crippen molar-refractivity contribution in [1.29, 1.82) is 0 Å². The molecule has 0 aliphatic heterocycles. The summed E-state index contributed by atoms with van der Waals surface area (Å²) in [5, 5.41) is 0. The molecule has 3 nitrogen and oxygen atoms in total. The van der Waals surface area contributed by atoms with Gasteiger partial charge in [-0.1, -0.05) is 6.07 Å². The lowest BCUT2D eigenvalue weighted by Gasteiger charge is -2.21. The molecule has 0 saturated heterocycles. The van der Waals surface area contributed by atoms with Crippen molar-refractivity contribution in [2.45, 2.75) is 31.5 Å². The molecule has 1 aromatic carbocycles. The van der Waals surface area contributed by atoms with E-state index in [0.29, 0.717) is 12.1 Å². The Morgan fingerprint density at radius 1 is 1.17 bits per heavy atom. The average molecular weight is 384 g/mol. The fourth-order valence-corrected chi connectivity index (χ4v) is 1.79. The van der Waals surface area contributed by atoms with Crippen molar-refractivity contribution in [2.75, 3.05) is 6.61 Å². The smallest absolute Gasteiger partial charge is 0.416 e. The Labute approximate surface area is 138 Å². The van der Waals surface area contributed by atoms with Gasteiger partial charge in [-0.25, -0.2) is 9.18 Å². The molecule has 0 heterocycles. The molecule has 11 heteroatoms. The van der Waals surface area contributed by atoms with Crippen LogP contribution < -0.4 is 5.73 Å². The summed E-state index contributed by atoms with van der Waals surface area (Å²) in [6.45, 7) is 1.11. The van der Waals surface area contributed by atoms with Gasteiger partial charge >= 0.3 is 18.3 Å². The van der Waals surface area contributed by atoms with E-state index in [2.05, 4.69) is 4.74 Å². The molecule has 0 spiro atoms. The number of ether oxygens (including phenoxy) is 1. The van der Waals surface area contributed by atoms with E-state index in [1.54, 1.807) is 0 Å². The van der Waals surface area contributed by atoms with E-state index in [1.807, 2.05) is 0 Å². The first-order valence-electron chi connectivity index (χ1n) is 6.24. The average Bonchev–Trinajstić information content (AvgIpc) is 2.43. The number of carbonyl (C=O) groups is 1. The molecule has 0 aliphatic carbocycles. The number of halogens is 8. The SMILES string of the molecule is CCOC(=O)C(F)[C@@H](N)c1ccc(C(F)(F)F)cc1C(F)(F)F.Cl. The monoisotopic (exact) mass is 383 g/mol. The first-order valence-corrected chi connectivity index (χ1v) is 6.24. The minimum absolute atomic E-state index is 0. The second-order valence-corrected chi connectivity index (χ2v) is 4.48. The van der Waals surface area contributed by atoms with Crippen LogP contribution in [-0.2, 0) is 21.9 Å². The highest BCUT2D eigenvalue weighted by molar-refractivity contribution is 5.85. The molecule has 2 atom stereocenters. The van der Waals surface area contributed by atoms with E-state index in [4.69, 9.17) is 5.73 Å². The Morgan fingerprint density at radius 3 is 2.12 bits per heavy atom. The van der Waals surface area contributed by atoms with Crippen LogP contribution in [0.15, 0.2) is 18.2 Å². The van der Waals surface area contributed by atoms with Gasteiger partial charge in [0, 0.05) is 0 Å². The molecule has 0 bridgehead atoms. The quantitative estimate of drug-likeness (QED) is 0.630. The predicted octanol–water partition coefficient (Wildman–Crippen LogP) is 4.05. The van der Waals surface area contributed by atoms with Crippen LogP contribution in [0.25, 0.3) is 0 Å². The highest BCUT2D eigenvalue weighted by atomic mass is 35.5. The van der Waals surface area contributed by atoms with Crippen molar-refractivity contribution in [3.05, 3.63) is 34.9 Å². The lowest BCUT2D eigenvalue weighted by atomic mass is 9.95. The van der Waals surface area contributed by atoms with Crippen molar-refractivity contribution >= 4 is 18.4 Å². The van der Waals surface area contributed by atoms with E-state index in [9.17, 15) is 35.5 Å². The number of benzene rings is 1. The maximum Gasteiger partial charge on any atom is 0.416 e. The lowest BCUT2D eigenvalue weighted by Crippen LogP contribution is -2.33. The molecule has 0 amide bonds. The van der Waals surface area contributed by atoms with Crippen LogP contribution in [0.3, 0.4) is 0 Å². The third-order valence-corrected chi connectivity index (χ3v) is 2.87. The number of carbonyl (C=O) groups excluding carboxylic acids is 1. The van der Waals surface area contributed by atoms with Crippen LogP contribution in [0.5, 0.6) is 0 Å². The zero-order chi connectivity index (χ0) is 18.0. The third kappa shape index (κ3) is 5.23. The fraction of sp³-hybridized carbons (Fsp3) is 0.462. The molecular formula is C13H13ClF7NO2. The summed E-state index contributed by atoms with van der Waals surface area (Å²) in [4.78, 5) is 11.2. The number of alkyl halides is 7. The first kappa shape index (κ1) is 22.4. The summed E-state index contributed by atoms with van der Waals surface area (Å²) < 4.78 is 94.4. The molecule has 0 saturated carbocycles. The topological polar surface area (TPSA) is 52.3 Å². The molecule has 1 unspecified atom stereocenters. The fourth-order valence-electron chi connectivity index (χ4n) is 1.79. The predicted molar refractivity (Wildman–Crippen MR) is 72.2 cm³/mol. The second-order valence-electron chi connectivity index (χ2n) is 4.48. The van der Waals surface area contributed by atoms with Crippen molar-refractivity contribution in [1.82, 2.24) is 0 Å². The maximum absolute atomic E-state index is 13.8. The van der Waals surface area contributed by atoms with Gasteiger partial charge in [0.2, 0.25) is 6.17 Å². The van der Waals surface area contributed by atoms with Crippen LogP contribution in [0, 0.1) is 0 Å². The van der Waals surface area contributed by atoms with E-state index in [0.717, 1.165) is 0 Å². The Kier molecular flexibility index (Phi) is 7.50. The Balaban J connectivity index is 0.00000529. The van der Waals surface area contributed by atoms with Crippen molar-refractivity contribution in [3.63, 3.8) is 0 Å². The summed E-state index contributed by atoms with van der Waals surface area (Å²) in [5.41, 5.74) is 0.982. The molecular weight excluding hydrogens is 371 g/mol. The summed E-state index contributed by atoms with van der Waals surface area (Å²) >= 11 is 0. The Hall–Kier alpha value is -1.55. The van der Waals surface area contributed by atoms with Crippen molar-refractivity contribution < 1.29 is 40.3 Å². The molecule has 1 rings (SSSR count). The highest BCUT2D eigenvalue weighted by Crippen LogP contribution is 2.39. The minimum atomic E-state index is -5.21. The van der Waals surface area contributed by atoms with Crippen LogP contribution in [0.4, 0.5) is 30.7 Å². The van der Waals surface area contributed by atoms with Crippen LogP contribution in [0.2, 0.25) is 0 Å². The number of nitrogens with two attached hydrogens (primary N) is 1. The molecule has 138 valence electrons. The van der Waals surface area contributed by atoms with Gasteiger partial charge in [0.1, 0.15) is 0 Å². The van der Waals surface area contributed by atoms with Gasteiger partial charge in [0.05, 0.1) is 23.8 Å². The largest absolute Gasteiger partial charge is 0.464 e. The molecule has 0 aliphatic rings. The lowest BCUT2D eigenvalue weighted by molar-refractivity contribution is -0.151. The molecule has 0 fully saturated rings. The van der Waals surface area contributed by atoms with E-state index >= 15 is 0 Å². The Bertz CT molecular complexity index is 574. The summed E-state index contributed by atoms with van der Waals surface area (Å²) in [7, 11) is 0. The molecule has 0 radical (unpaired) electrons. The summed E-state index contributed by atoms with van der Waals surface area (Å²) in [5.74, 6) is -1.49. The summed E-state index contributed by atoms with van der Waals surface area (Å²) in [6.07, 6.45) is -12.9. The van der Waals surface area contributed by atoms with Gasteiger partial charge in [-0.2, -0.15) is 26.3 Å². The van der Waals surface area contributed by atoms with E-state index in [-0.39, 0.29) is 25.1 Å². The standard InChI is InChI=1S/C13H12F7NO2.ClH/c1-2-23-11(22)9(14)10(21)7-4-3-6(12(15,16)17)5-8(7)13(18,19)20;/h3-5,9-10H,2,21H2,1H3;1H/t9?,10-;/m0./s1. The molecule has 2 N–H and O–H groups in total. The summed E-state index contributed by atoms with van der Waals surface area (Å²) in [6, 6.07) is -1.55. The van der Waals surface area contributed by atoms with Gasteiger partial charge in [0.25, 0.3) is 0 Å². The van der Waals surface area contributed by atoms with Crippen LogP contribution in [0.1, 0.15) is 29.7 Å². The number of rotatable bonds is 4. The zero-order valence-corrected chi connectivity index (χ0v) is 12.9. The number of hydrogen-bond acceptors (Lipinski definition) is 3. The van der Waals surface area contributed by atoms with Crippen LogP contribution >= 0.6 is 12.4 Å². The minimum Gasteiger partial charge on any atom is -0.464 e. The third-order valence-electron chi connectivity index (χ3n) is 2.87. The van der Waals surface area contributed by atoms with Crippen molar-refractivity contribution in [3.8, 4) is 0 Å². The van der Waals surface area contributed by atoms with E-state index < -0.39 is 47.2 Å². The molecule has 24 heavy (non-hydrogen) atoms.